The molecule has 0 unspecified atom stereocenters. The fourth-order valence-corrected chi connectivity index (χ4v) is 5.60. The maximum Gasteiger partial charge on any atom is 0.253 e. The Labute approximate surface area is 199 Å². The average Bonchev–Trinajstić information content (AvgIpc) is 3.20. The summed E-state index contributed by atoms with van der Waals surface area (Å²) >= 11 is 1.40. The molecule has 0 saturated carbocycles. The van der Waals surface area contributed by atoms with E-state index in [-0.39, 0.29) is 23.0 Å². The van der Waals surface area contributed by atoms with Gasteiger partial charge < -0.3 is 9.80 Å². The summed E-state index contributed by atoms with van der Waals surface area (Å²) in [6, 6.07) is 8.81. The van der Waals surface area contributed by atoms with Gasteiger partial charge in [-0.2, -0.15) is 0 Å². The second kappa shape index (κ2) is 9.63. The van der Waals surface area contributed by atoms with E-state index in [2.05, 4.69) is 9.97 Å². The Morgan fingerprint density at radius 1 is 0.909 bits per heavy atom. The minimum Gasteiger partial charge on any atom is -0.341 e. The number of hydrogen-bond donors (Lipinski definition) is 0. The van der Waals surface area contributed by atoms with Crippen molar-refractivity contribution in [3.63, 3.8) is 0 Å². The lowest BCUT2D eigenvalue weighted by molar-refractivity contribution is -0.127. The molecule has 4 rings (SSSR count). The van der Waals surface area contributed by atoms with Crippen LogP contribution in [0.3, 0.4) is 0 Å². The number of carbonyl (C=O) groups is 3. The minimum absolute atomic E-state index is 0.00540. The first-order chi connectivity index (χ1) is 15.7. The van der Waals surface area contributed by atoms with E-state index in [0.717, 1.165) is 43.7 Å². The maximum absolute atomic E-state index is 12.9. The lowest BCUT2D eigenvalue weighted by Gasteiger charge is -2.39. The molecule has 174 valence electrons. The number of thioether (sulfide) groups is 1. The van der Waals surface area contributed by atoms with Gasteiger partial charge in [-0.15, -0.1) is 0 Å². The Kier molecular flexibility index (Phi) is 6.83. The fourth-order valence-electron chi connectivity index (χ4n) is 4.75. The number of benzene rings is 1. The summed E-state index contributed by atoms with van der Waals surface area (Å²) in [6.07, 6.45) is 2.79. The molecule has 3 heterocycles. The third kappa shape index (κ3) is 5.43. The molecule has 0 N–H and O–H groups in total. The molecule has 33 heavy (non-hydrogen) atoms. The van der Waals surface area contributed by atoms with Crippen LogP contribution in [-0.2, 0) is 4.79 Å². The molecule has 2 aliphatic heterocycles. The molecule has 0 radical (unpaired) electrons. The average molecular weight is 467 g/mol. The predicted octanol–water partition coefficient (Wildman–Crippen LogP) is 3.54. The van der Waals surface area contributed by atoms with Crippen LogP contribution in [-0.4, -0.2) is 69.3 Å². The lowest BCUT2D eigenvalue weighted by Crippen LogP contribution is -2.44. The maximum atomic E-state index is 12.9. The number of amides is 2. The summed E-state index contributed by atoms with van der Waals surface area (Å²) in [5.74, 6) is 0.480. The molecule has 2 fully saturated rings. The van der Waals surface area contributed by atoms with Gasteiger partial charge in [-0.25, -0.2) is 9.97 Å². The Balaban J connectivity index is 1.28. The van der Waals surface area contributed by atoms with Crippen LogP contribution in [0.25, 0.3) is 0 Å². The Morgan fingerprint density at radius 2 is 1.45 bits per heavy atom. The molecule has 1 aromatic heterocycles. The number of Topliss-reactive ketones (excluding diaryl/α,β-unsaturated/α-hetero) is 1. The van der Waals surface area contributed by atoms with Crippen molar-refractivity contribution in [3.05, 3.63) is 52.8 Å². The number of piperidine rings is 1. The largest absolute Gasteiger partial charge is 0.341 e. The molecule has 0 atom stereocenters. The van der Waals surface area contributed by atoms with Gasteiger partial charge in [0.25, 0.3) is 5.91 Å². The van der Waals surface area contributed by atoms with Crippen molar-refractivity contribution in [1.29, 1.82) is 0 Å². The summed E-state index contributed by atoms with van der Waals surface area (Å²) in [5.41, 5.74) is 3.15. The molecule has 1 aromatic carbocycles. The van der Waals surface area contributed by atoms with Crippen LogP contribution in [0.1, 0.15) is 58.3 Å². The number of ketones is 1. The zero-order chi connectivity index (χ0) is 23.6. The molecule has 8 heteroatoms. The van der Waals surface area contributed by atoms with Crippen LogP contribution in [0.2, 0.25) is 0 Å². The zero-order valence-corrected chi connectivity index (χ0v) is 20.3. The van der Waals surface area contributed by atoms with Gasteiger partial charge in [-0.3, -0.25) is 14.4 Å². The molecule has 2 aliphatic rings. The van der Waals surface area contributed by atoms with E-state index in [1.807, 2.05) is 29.7 Å². The predicted molar refractivity (Wildman–Crippen MR) is 127 cm³/mol. The number of carbonyl (C=O) groups excluding carboxylic acids is 3. The first kappa shape index (κ1) is 23.4. The second-order valence-corrected chi connectivity index (χ2v) is 10.2. The molecule has 0 bridgehead atoms. The smallest absolute Gasteiger partial charge is 0.253 e. The van der Waals surface area contributed by atoms with E-state index in [9.17, 15) is 14.4 Å². The highest BCUT2D eigenvalue weighted by Crippen LogP contribution is 2.40. The van der Waals surface area contributed by atoms with Crippen molar-refractivity contribution in [3.8, 4) is 0 Å². The Bertz CT molecular complexity index is 1040. The minimum atomic E-state index is -0.00540. The standard InChI is InChI=1S/C25H30N4O3S/c1-17-14-18(2)27-24(26-17)33-15-22(31)29-13-10-25(16-29)8-11-28(12-9-25)23(32)21-6-4-20(5-7-21)19(3)30/h4-7,14H,8-13,15-16H2,1-3H3. The Hall–Kier alpha value is -2.74. The summed E-state index contributed by atoms with van der Waals surface area (Å²) in [7, 11) is 0. The van der Waals surface area contributed by atoms with E-state index >= 15 is 0 Å². The van der Waals surface area contributed by atoms with Gasteiger partial charge in [0.15, 0.2) is 10.9 Å². The highest BCUT2D eigenvalue weighted by Gasteiger charge is 2.42. The molecule has 0 aliphatic carbocycles. The lowest BCUT2D eigenvalue weighted by atomic mass is 9.77. The van der Waals surface area contributed by atoms with Crippen LogP contribution in [0, 0.1) is 19.3 Å². The molecule has 7 nitrogen and oxygen atoms in total. The van der Waals surface area contributed by atoms with E-state index in [1.54, 1.807) is 24.3 Å². The number of aromatic nitrogens is 2. The van der Waals surface area contributed by atoms with Crippen molar-refractivity contribution >= 4 is 29.4 Å². The summed E-state index contributed by atoms with van der Waals surface area (Å²) in [5, 5.41) is 0.651. The number of nitrogens with zero attached hydrogens (tertiary/aromatic N) is 4. The van der Waals surface area contributed by atoms with Gasteiger partial charge in [-0.05, 0) is 63.6 Å². The summed E-state index contributed by atoms with van der Waals surface area (Å²) in [6.45, 7) is 8.31. The molecule has 2 amide bonds. The van der Waals surface area contributed by atoms with E-state index < -0.39 is 0 Å². The van der Waals surface area contributed by atoms with Crippen LogP contribution < -0.4 is 0 Å². The zero-order valence-electron chi connectivity index (χ0n) is 19.5. The molecule has 2 aromatic rings. The molecular weight excluding hydrogens is 436 g/mol. The van der Waals surface area contributed by atoms with Gasteiger partial charge >= 0.3 is 0 Å². The third-order valence-corrected chi connectivity index (χ3v) is 7.56. The van der Waals surface area contributed by atoms with Crippen molar-refractivity contribution in [2.45, 2.75) is 45.2 Å². The SMILES string of the molecule is CC(=O)c1ccc(C(=O)N2CCC3(CCN(C(=O)CSc4nc(C)cc(C)n4)C3)CC2)cc1. The van der Waals surface area contributed by atoms with Crippen molar-refractivity contribution in [2.75, 3.05) is 31.9 Å². The number of aryl methyl sites for hydroxylation is 2. The van der Waals surface area contributed by atoms with E-state index in [0.29, 0.717) is 35.1 Å². The van der Waals surface area contributed by atoms with Crippen LogP contribution in [0.15, 0.2) is 35.5 Å². The highest BCUT2D eigenvalue weighted by atomic mass is 32.2. The number of likely N-dealkylation sites (tertiary alicyclic amines) is 2. The van der Waals surface area contributed by atoms with Crippen molar-refractivity contribution in [2.24, 2.45) is 5.41 Å². The van der Waals surface area contributed by atoms with Crippen LogP contribution in [0.5, 0.6) is 0 Å². The van der Waals surface area contributed by atoms with E-state index in [4.69, 9.17) is 0 Å². The first-order valence-electron chi connectivity index (χ1n) is 11.4. The van der Waals surface area contributed by atoms with Gasteiger partial charge in [0.1, 0.15) is 0 Å². The highest BCUT2D eigenvalue weighted by molar-refractivity contribution is 7.99. The van der Waals surface area contributed by atoms with Gasteiger partial charge in [0.2, 0.25) is 5.91 Å². The van der Waals surface area contributed by atoms with Crippen LogP contribution in [0.4, 0.5) is 0 Å². The number of hydrogen-bond acceptors (Lipinski definition) is 6. The molecule has 2 saturated heterocycles. The monoisotopic (exact) mass is 466 g/mol. The molecular formula is C25H30N4O3S. The molecule has 1 spiro atoms. The number of rotatable bonds is 5. The van der Waals surface area contributed by atoms with Crippen LogP contribution >= 0.6 is 11.8 Å². The normalized spacial score (nSPS) is 17.4. The van der Waals surface area contributed by atoms with E-state index in [1.165, 1.54) is 18.7 Å². The van der Waals surface area contributed by atoms with Gasteiger partial charge in [0, 0.05) is 48.7 Å². The third-order valence-electron chi connectivity index (χ3n) is 6.73. The first-order valence-corrected chi connectivity index (χ1v) is 12.4. The topological polar surface area (TPSA) is 83.5 Å². The van der Waals surface area contributed by atoms with Gasteiger partial charge in [-0.1, -0.05) is 23.9 Å². The summed E-state index contributed by atoms with van der Waals surface area (Å²) in [4.78, 5) is 49.8. The fraction of sp³-hybridized carbons (Fsp3) is 0.480. The second-order valence-electron chi connectivity index (χ2n) is 9.21. The van der Waals surface area contributed by atoms with Crippen molar-refractivity contribution < 1.29 is 14.4 Å². The van der Waals surface area contributed by atoms with Gasteiger partial charge in [0.05, 0.1) is 5.75 Å². The Morgan fingerprint density at radius 3 is 2.03 bits per heavy atom. The van der Waals surface area contributed by atoms with Crippen molar-refractivity contribution in [1.82, 2.24) is 19.8 Å². The summed E-state index contributed by atoms with van der Waals surface area (Å²) < 4.78 is 0. The quantitative estimate of drug-likeness (QED) is 0.381.